The van der Waals surface area contributed by atoms with E-state index in [1.807, 2.05) is 6.92 Å². The summed E-state index contributed by atoms with van der Waals surface area (Å²) in [6.07, 6.45) is 0. The van der Waals surface area contributed by atoms with Crippen molar-refractivity contribution in [3.05, 3.63) is 18.2 Å². The summed E-state index contributed by atoms with van der Waals surface area (Å²) in [5, 5.41) is 0. The molecule has 1 rings (SSSR count). The lowest BCUT2D eigenvalue weighted by atomic mass is 10.3. The van der Waals surface area contributed by atoms with Crippen LogP contribution in [0.2, 0.25) is 0 Å². The van der Waals surface area contributed by atoms with E-state index < -0.39 is 0 Å². The molecule has 0 unspecified atom stereocenters. The third kappa shape index (κ3) is 2.83. The summed E-state index contributed by atoms with van der Waals surface area (Å²) in [4.78, 5) is 0. The molecule has 0 saturated carbocycles. The Labute approximate surface area is 77.4 Å². The molecule has 0 heterocycles. The molecule has 0 aromatic heterocycles. The smallest absolute Gasteiger partial charge is 0.189 e. The number of ether oxygens (including phenoxy) is 2. The van der Waals surface area contributed by atoms with Gasteiger partial charge in [0.2, 0.25) is 0 Å². The van der Waals surface area contributed by atoms with Gasteiger partial charge in [-0.15, -0.1) is 0 Å². The van der Waals surface area contributed by atoms with Crippen molar-refractivity contribution >= 4 is 11.4 Å². The first kappa shape index (κ1) is 9.67. The maximum Gasteiger partial charge on any atom is 0.189 e. The van der Waals surface area contributed by atoms with Gasteiger partial charge in [0.1, 0.15) is 5.75 Å². The molecule has 0 radical (unpaired) electrons. The molecule has 1 aromatic rings. The fraction of sp³-hybridized carbons (Fsp3) is 0.333. The number of benzene rings is 1. The van der Waals surface area contributed by atoms with Crippen LogP contribution in [-0.4, -0.2) is 13.4 Å². The van der Waals surface area contributed by atoms with Crippen molar-refractivity contribution in [3.63, 3.8) is 0 Å². The Hall–Kier alpha value is -1.42. The van der Waals surface area contributed by atoms with Gasteiger partial charge in [0.05, 0.1) is 5.69 Å². The van der Waals surface area contributed by atoms with Crippen LogP contribution in [0.3, 0.4) is 0 Å². The Kier molecular flexibility index (Phi) is 3.40. The van der Waals surface area contributed by atoms with Crippen molar-refractivity contribution in [2.24, 2.45) is 0 Å². The van der Waals surface area contributed by atoms with E-state index in [2.05, 4.69) is 0 Å². The molecule has 72 valence electrons. The van der Waals surface area contributed by atoms with E-state index in [0.29, 0.717) is 23.7 Å². The highest BCUT2D eigenvalue weighted by Gasteiger charge is 1.99. The standard InChI is InChI=1S/C9H14N2O2/c1-2-12-6-13-9-5-7(10)3-4-8(9)11/h3-5H,2,6,10-11H2,1H3. The number of nitrogens with two attached hydrogens (primary N) is 2. The zero-order valence-electron chi connectivity index (χ0n) is 7.62. The van der Waals surface area contributed by atoms with Gasteiger partial charge in [-0.25, -0.2) is 0 Å². The molecule has 0 atom stereocenters. The highest BCUT2D eigenvalue weighted by atomic mass is 16.7. The van der Waals surface area contributed by atoms with Gasteiger partial charge in [-0.3, -0.25) is 0 Å². The second kappa shape index (κ2) is 4.57. The van der Waals surface area contributed by atoms with E-state index in [9.17, 15) is 0 Å². The van der Waals surface area contributed by atoms with Crippen LogP contribution in [0.5, 0.6) is 5.75 Å². The van der Waals surface area contributed by atoms with Crippen LogP contribution in [0, 0.1) is 0 Å². The summed E-state index contributed by atoms with van der Waals surface area (Å²) in [5.74, 6) is 0.563. The molecule has 0 fully saturated rings. The molecule has 4 heteroatoms. The van der Waals surface area contributed by atoms with Gasteiger partial charge in [0, 0.05) is 18.4 Å². The summed E-state index contributed by atoms with van der Waals surface area (Å²) in [5.41, 5.74) is 12.4. The summed E-state index contributed by atoms with van der Waals surface area (Å²) in [7, 11) is 0. The molecule has 0 amide bonds. The highest BCUT2D eigenvalue weighted by molar-refractivity contribution is 5.59. The van der Waals surface area contributed by atoms with Gasteiger partial charge in [0.25, 0.3) is 0 Å². The number of rotatable bonds is 4. The molecule has 13 heavy (non-hydrogen) atoms. The molecule has 1 aromatic carbocycles. The van der Waals surface area contributed by atoms with Crippen molar-refractivity contribution in [3.8, 4) is 5.75 Å². The second-order valence-electron chi connectivity index (χ2n) is 2.55. The number of hydrogen-bond donors (Lipinski definition) is 2. The molecule has 0 aliphatic carbocycles. The van der Waals surface area contributed by atoms with Crippen LogP contribution in [0.4, 0.5) is 11.4 Å². The largest absolute Gasteiger partial charge is 0.465 e. The summed E-state index contributed by atoms with van der Waals surface area (Å²) in [6, 6.07) is 5.10. The third-order valence-electron chi connectivity index (χ3n) is 1.54. The Bertz CT molecular complexity index is 276. The monoisotopic (exact) mass is 182 g/mol. The summed E-state index contributed by atoms with van der Waals surface area (Å²) < 4.78 is 10.2. The van der Waals surface area contributed by atoms with Gasteiger partial charge >= 0.3 is 0 Å². The zero-order valence-corrected chi connectivity index (χ0v) is 7.62. The third-order valence-corrected chi connectivity index (χ3v) is 1.54. The lowest BCUT2D eigenvalue weighted by molar-refractivity contribution is 0.0229. The average Bonchev–Trinajstić information content (AvgIpc) is 2.11. The predicted molar refractivity (Wildman–Crippen MR) is 52.4 cm³/mol. The number of hydrogen-bond acceptors (Lipinski definition) is 4. The van der Waals surface area contributed by atoms with Gasteiger partial charge < -0.3 is 20.9 Å². The van der Waals surface area contributed by atoms with Crippen LogP contribution in [0.25, 0.3) is 0 Å². The molecular formula is C9H14N2O2. The maximum atomic E-state index is 5.64. The minimum Gasteiger partial charge on any atom is -0.465 e. The zero-order chi connectivity index (χ0) is 9.68. The van der Waals surface area contributed by atoms with Gasteiger partial charge in [-0.2, -0.15) is 0 Å². The second-order valence-corrected chi connectivity index (χ2v) is 2.55. The predicted octanol–water partition coefficient (Wildman–Crippen LogP) is 1.22. The van der Waals surface area contributed by atoms with Crippen LogP contribution < -0.4 is 16.2 Å². The van der Waals surface area contributed by atoms with Crippen LogP contribution in [-0.2, 0) is 4.74 Å². The molecule has 4 nitrogen and oxygen atoms in total. The van der Waals surface area contributed by atoms with Gasteiger partial charge in [-0.05, 0) is 19.1 Å². The van der Waals surface area contributed by atoms with E-state index in [0.717, 1.165) is 0 Å². The van der Waals surface area contributed by atoms with Crippen LogP contribution >= 0.6 is 0 Å². The average molecular weight is 182 g/mol. The minimum absolute atomic E-state index is 0.199. The van der Waals surface area contributed by atoms with E-state index in [1.165, 1.54) is 0 Å². The van der Waals surface area contributed by atoms with E-state index in [4.69, 9.17) is 20.9 Å². The molecular weight excluding hydrogens is 168 g/mol. The quantitative estimate of drug-likeness (QED) is 0.417. The van der Waals surface area contributed by atoms with Crippen molar-refractivity contribution in [1.29, 1.82) is 0 Å². The SMILES string of the molecule is CCOCOc1cc(N)ccc1N. The fourth-order valence-electron chi connectivity index (χ4n) is 0.864. The first-order valence-electron chi connectivity index (χ1n) is 4.09. The molecule has 0 spiro atoms. The fourth-order valence-corrected chi connectivity index (χ4v) is 0.864. The lowest BCUT2D eigenvalue weighted by Gasteiger charge is -2.08. The van der Waals surface area contributed by atoms with Crippen molar-refractivity contribution in [1.82, 2.24) is 0 Å². The summed E-state index contributed by atoms with van der Waals surface area (Å²) >= 11 is 0. The molecule has 0 bridgehead atoms. The lowest BCUT2D eigenvalue weighted by Crippen LogP contribution is -2.04. The first-order chi connectivity index (χ1) is 6.24. The Balaban J connectivity index is 2.59. The van der Waals surface area contributed by atoms with Crippen LogP contribution in [0.1, 0.15) is 6.92 Å². The maximum absolute atomic E-state index is 5.64. The Morgan fingerprint density at radius 2 is 2.08 bits per heavy atom. The number of nitrogen functional groups attached to an aromatic ring is 2. The minimum atomic E-state index is 0.199. The van der Waals surface area contributed by atoms with Crippen molar-refractivity contribution in [2.45, 2.75) is 6.92 Å². The normalized spacial score (nSPS) is 9.92. The van der Waals surface area contributed by atoms with E-state index in [-0.39, 0.29) is 6.79 Å². The number of anilines is 2. The van der Waals surface area contributed by atoms with Crippen molar-refractivity contribution < 1.29 is 9.47 Å². The molecule has 4 N–H and O–H groups in total. The Morgan fingerprint density at radius 3 is 2.77 bits per heavy atom. The Morgan fingerprint density at radius 1 is 1.31 bits per heavy atom. The first-order valence-corrected chi connectivity index (χ1v) is 4.09. The van der Waals surface area contributed by atoms with Crippen LogP contribution in [0.15, 0.2) is 18.2 Å². The summed E-state index contributed by atoms with van der Waals surface area (Å²) in [6.45, 7) is 2.71. The molecule has 0 aliphatic rings. The highest BCUT2D eigenvalue weighted by Crippen LogP contribution is 2.23. The van der Waals surface area contributed by atoms with E-state index >= 15 is 0 Å². The molecule has 0 aliphatic heterocycles. The van der Waals surface area contributed by atoms with Gasteiger partial charge in [-0.1, -0.05) is 0 Å². The van der Waals surface area contributed by atoms with Gasteiger partial charge in [0.15, 0.2) is 6.79 Å². The van der Waals surface area contributed by atoms with E-state index in [1.54, 1.807) is 18.2 Å². The van der Waals surface area contributed by atoms with Crippen molar-refractivity contribution in [2.75, 3.05) is 24.9 Å². The topological polar surface area (TPSA) is 70.5 Å². The molecule has 0 saturated heterocycles.